The second-order valence-corrected chi connectivity index (χ2v) is 4.33. The summed E-state index contributed by atoms with van der Waals surface area (Å²) in [6.07, 6.45) is 1.86. The summed E-state index contributed by atoms with van der Waals surface area (Å²) in [4.78, 5) is 13.3. The minimum atomic E-state index is -0.439. The smallest absolute Gasteiger partial charge is 0.258 e. The third-order valence-electron chi connectivity index (χ3n) is 3.03. The molecule has 0 aliphatic carbocycles. The Bertz CT molecular complexity index is 707. The van der Waals surface area contributed by atoms with Crippen LogP contribution in [0.3, 0.4) is 0 Å². The minimum Gasteiger partial charge on any atom is -0.258 e. The van der Waals surface area contributed by atoms with Crippen LogP contribution in [0.4, 0.5) is 17.1 Å². The fourth-order valence-electron chi connectivity index (χ4n) is 2.01. The lowest BCUT2D eigenvalue weighted by atomic mass is 10.1. The summed E-state index contributed by atoms with van der Waals surface area (Å²) in [6, 6.07) is 13.7. The monoisotopic (exact) mass is 267 g/mol. The molecule has 6 nitrogen and oxygen atoms in total. The van der Waals surface area contributed by atoms with E-state index < -0.39 is 4.92 Å². The maximum Gasteiger partial charge on any atom is 0.269 e. The van der Waals surface area contributed by atoms with Gasteiger partial charge in [0.25, 0.3) is 5.69 Å². The minimum absolute atomic E-state index is 0.0448. The molecule has 0 amide bonds. The molecule has 0 radical (unpaired) electrons. The van der Waals surface area contributed by atoms with Crippen molar-refractivity contribution in [1.82, 2.24) is 0 Å². The van der Waals surface area contributed by atoms with Crippen molar-refractivity contribution in [2.75, 3.05) is 0 Å². The van der Waals surface area contributed by atoms with E-state index in [-0.39, 0.29) is 11.7 Å². The molecule has 1 N–H and O–H groups in total. The average Bonchev–Trinajstić information content (AvgIpc) is 2.89. The molecular formula is C14H11N4O2+. The van der Waals surface area contributed by atoms with Crippen molar-refractivity contribution in [3.8, 4) is 0 Å². The van der Waals surface area contributed by atoms with Gasteiger partial charge in [-0.3, -0.25) is 10.1 Å². The van der Waals surface area contributed by atoms with Crippen LogP contribution in [0.15, 0.2) is 58.8 Å². The highest BCUT2D eigenvalue weighted by Crippen LogP contribution is 2.25. The van der Waals surface area contributed by atoms with Crippen molar-refractivity contribution >= 4 is 23.3 Å². The maximum absolute atomic E-state index is 10.6. The Labute approximate surface area is 114 Å². The van der Waals surface area contributed by atoms with Crippen LogP contribution in [-0.2, 0) is 0 Å². The van der Waals surface area contributed by atoms with Crippen molar-refractivity contribution in [2.45, 2.75) is 6.04 Å². The lowest BCUT2D eigenvalue weighted by Crippen LogP contribution is -2.59. The zero-order valence-electron chi connectivity index (χ0n) is 10.4. The lowest BCUT2D eigenvalue weighted by Gasteiger charge is -1.98. The fraction of sp³-hybridized carbons (Fsp3) is 0.0714. The fourth-order valence-corrected chi connectivity index (χ4v) is 2.01. The van der Waals surface area contributed by atoms with E-state index in [9.17, 15) is 10.1 Å². The van der Waals surface area contributed by atoms with E-state index in [4.69, 9.17) is 0 Å². The molecule has 98 valence electrons. The summed E-state index contributed by atoms with van der Waals surface area (Å²) in [6.45, 7) is 0. The zero-order valence-corrected chi connectivity index (χ0v) is 10.4. The Morgan fingerprint density at radius 3 is 2.60 bits per heavy atom. The summed E-state index contributed by atoms with van der Waals surface area (Å²) in [5.41, 5.74) is 2.73. The Hall–Kier alpha value is -2.89. The van der Waals surface area contributed by atoms with E-state index in [0.29, 0.717) is 5.69 Å². The topological polar surface area (TPSA) is 81.8 Å². The molecule has 0 fully saturated rings. The third kappa shape index (κ3) is 2.31. The molecule has 3 rings (SSSR count). The number of benzene rings is 2. The molecule has 6 heteroatoms. The molecule has 2 aromatic rings. The van der Waals surface area contributed by atoms with E-state index in [1.165, 1.54) is 12.1 Å². The number of nitro groups is 1. The SMILES string of the molecule is O=[N+]([O-])c1ccc(N=NC2C=[NH+]c3ccccc32)cc1. The van der Waals surface area contributed by atoms with Gasteiger partial charge in [0.15, 0.2) is 12.3 Å². The number of nitrogens with one attached hydrogen (secondary N) is 1. The van der Waals surface area contributed by atoms with Gasteiger partial charge < -0.3 is 0 Å². The Balaban J connectivity index is 1.79. The summed E-state index contributed by atoms with van der Waals surface area (Å²) in [5, 5.41) is 18.9. The highest BCUT2D eigenvalue weighted by Gasteiger charge is 2.23. The number of nitro benzene ring substituents is 1. The Kier molecular flexibility index (Phi) is 3.04. The van der Waals surface area contributed by atoms with Gasteiger partial charge in [-0.25, -0.2) is 4.99 Å². The van der Waals surface area contributed by atoms with Crippen LogP contribution in [0, 0.1) is 10.1 Å². The summed E-state index contributed by atoms with van der Waals surface area (Å²) < 4.78 is 0. The van der Waals surface area contributed by atoms with Crippen LogP contribution in [-0.4, -0.2) is 11.1 Å². The predicted molar refractivity (Wildman–Crippen MR) is 73.5 cm³/mol. The molecule has 2 aromatic carbocycles. The molecule has 1 atom stereocenters. The van der Waals surface area contributed by atoms with E-state index in [2.05, 4.69) is 15.2 Å². The van der Waals surface area contributed by atoms with Crippen LogP contribution < -0.4 is 4.99 Å². The quantitative estimate of drug-likeness (QED) is 0.525. The van der Waals surface area contributed by atoms with Gasteiger partial charge in [0, 0.05) is 18.2 Å². The van der Waals surface area contributed by atoms with Crippen molar-refractivity contribution < 1.29 is 9.92 Å². The third-order valence-corrected chi connectivity index (χ3v) is 3.03. The average molecular weight is 267 g/mol. The number of hydrogen-bond acceptors (Lipinski definition) is 4. The van der Waals surface area contributed by atoms with Gasteiger partial charge in [-0.15, -0.1) is 0 Å². The molecule has 1 heterocycles. The molecule has 20 heavy (non-hydrogen) atoms. The van der Waals surface area contributed by atoms with Gasteiger partial charge in [0.1, 0.15) is 0 Å². The Morgan fingerprint density at radius 2 is 1.85 bits per heavy atom. The van der Waals surface area contributed by atoms with Crippen LogP contribution in [0.1, 0.15) is 11.6 Å². The number of non-ortho nitro benzene ring substituents is 1. The largest absolute Gasteiger partial charge is 0.269 e. The number of nitrogens with zero attached hydrogens (tertiary/aromatic N) is 3. The maximum atomic E-state index is 10.6. The van der Waals surface area contributed by atoms with Crippen LogP contribution in [0.2, 0.25) is 0 Å². The first-order valence-corrected chi connectivity index (χ1v) is 6.08. The molecule has 0 aromatic heterocycles. The highest BCUT2D eigenvalue weighted by atomic mass is 16.6. The zero-order chi connectivity index (χ0) is 13.9. The van der Waals surface area contributed by atoms with E-state index >= 15 is 0 Å². The van der Waals surface area contributed by atoms with E-state index in [1.54, 1.807) is 12.1 Å². The molecule has 0 saturated heterocycles. The number of para-hydroxylation sites is 1. The van der Waals surface area contributed by atoms with E-state index in [0.717, 1.165) is 11.3 Å². The first kappa shape index (κ1) is 12.2. The van der Waals surface area contributed by atoms with Crippen LogP contribution >= 0.6 is 0 Å². The second-order valence-electron chi connectivity index (χ2n) is 4.33. The molecule has 0 bridgehead atoms. The first-order valence-electron chi connectivity index (χ1n) is 6.08. The molecule has 1 unspecified atom stereocenters. The number of hydrogen-bond donors (Lipinski definition) is 1. The van der Waals surface area contributed by atoms with Gasteiger partial charge in [0.05, 0.1) is 16.2 Å². The van der Waals surface area contributed by atoms with Crippen molar-refractivity contribution in [2.24, 2.45) is 10.2 Å². The second kappa shape index (κ2) is 5.00. The van der Waals surface area contributed by atoms with Gasteiger partial charge in [-0.05, 0) is 18.2 Å². The van der Waals surface area contributed by atoms with Gasteiger partial charge in [-0.2, -0.15) is 10.2 Å². The van der Waals surface area contributed by atoms with Crippen molar-refractivity contribution in [3.05, 3.63) is 64.2 Å². The summed E-state index contributed by atoms with van der Waals surface area (Å²) in [5.74, 6) is 0. The van der Waals surface area contributed by atoms with Gasteiger partial charge in [-0.1, -0.05) is 12.1 Å². The predicted octanol–water partition coefficient (Wildman–Crippen LogP) is 2.22. The highest BCUT2D eigenvalue weighted by molar-refractivity contribution is 5.70. The van der Waals surface area contributed by atoms with Crippen molar-refractivity contribution in [3.63, 3.8) is 0 Å². The first-order chi connectivity index (χ1) is 9.74. The normalized spacial score (nSPS) is 16.5. The number of rotatable bonds is 3. The molecule has 1 aliphatic rings. The molecule has 0 saturated carbocycles. The lowest BCUT2D eigenvalue weighted by molar-refractivity contribution is -0.384. The summed E-state index contributed by atoms with van der Waals surface area (Å²) >= 11 is 0. The number of azo groups is 1. The molecular weight excluding hydrogens is 256 g/mol. The summed E-state index contributed by atoms with van der Waals surface area (Å²) in [7, 11) is 0. The standard InChI is InChI=1S/C14H10N4O2/c19-18(20)11-7-5-10(6-8-11)16-17-14-9-15-13-4-2-1-3-12(13)14/h1-9,14H/p+1. The molecule has 1 aliphatic heterocycles. The number of fused-ring (bicyclic) bond motifs is 1. The van der Waals surface area contributed by atoms with Crippen LogP contribution in [0.5, 0.6) is 0 Å². The Morgan fingerprint density at radius 1 is 1.10 bits per heavy atom. The van der Waals surface area contributed by atoms with Gasteiger partial charge in [0.2, 0.25) is 5.69 Å². The van der Waals surface area contributed by atoms with Crippen molar-refractivity contribution in [1.29, 1.82) is 0 Å². The van der Waals surface area contributed by atoms with E-state index in [1.807, 2.05) is 30.5 Å². The van der Waals surface area contributed by atoms with Crippen LogP contribution in [0.25, 0.3) is 0 Å². The van der Waals surface area contributed by atoms with Gasteiger partial charge >= 0.3 is 0 Å². The molecule has 0 spiro atoms.